The predicted molar refractivity (Wildman–Crippen MR) is 100 cm³/mol. The van der Waals surface area contributed by atoms with E-state index in [1.807, 2.05) is 12.2 Å². The molecule has 7 atom stereocenters. The van der Waals surface area contributed by atoms with Crippen molar-refractivity contribution in [2.75, 3.05) is 0 Å². The lowest BCUT2D eigenvalue weighted by Gasteiger charge is -2.54. The summed E-state index contributed by atoms with van der Waals surface area (Å²) >= 11 is 0. The van der Waals surface area contributed by atoms with E-state index in [0.29, 0.717) is 6.42 Å². The molecule has 2 fully saturated rings. The van der Waals surface area contributed by atoms with Crippen LogP contribution < -0.4 is 0 Å². The molecule has 1 spiro atoms. The molecule has 5 heteroatoms. The SMILES string of the molecule is C[C@]12CCC(=O)C=C1C1=C(C1)C1C3C=C[C@@](O)(CCC(=O)O)[C@@]3(C)C[C@H]3O[C@@]132. The Bertz CT molecular complexity index is 943. The van der Waals surface area contributed by atoms with Crippen molar-refractivity contribution in [1.82, 2.24) is 0 Å². The number of allylic oxidation sites excluding steroid dienone is 3. The van der Waals surface area contributed by atoms with E-state index in [1.165, 1.54) is 16.7 Å². The second-order valence-electron chi connectivity index (χ2n) is 10.2. The zero-order chi connectivity index (χ0) is 19.7. The number of hydrogen-bond donors (Lipinski definition) is 2. The average Bonchev–Trinajstić information content (AvgIpc) is 3.52. The largest absolute Gasteiger partial charge is 0.481 e. The maximum absolute atomic E-state index is 12.1. The Morgan fingerprint density at radius 2 is 2.14 bits per heavy atom. The second kappa shape index (κ2) is 4.71. The third kappa shape index (κ3) is 1.69. The van der Waals surface area contributed by atoms with Crippen LogP contribution >= 0.6 is 0 Å². The number of aliphatic carboxylic acids is 1. The van der Waals surface area contributed by atoms with E-state index in [0.717, 1.165) is 19.3 Å². The molecule has 0 radical (unpaired) electrons. The number of epoxide rings is 1. The number of hydrogen-bond acceptors (Lipinski definition) is 4. The Kier molecular flexibility index (Phi) is 2.88. The third-order valence-corrected chi connectivity index (χ3v) is 9.18. The minimum atomic E-state index is -1.11. The number of ketones is 1. The van der Waals surface area contributed by atoms with Gasteiger partial charge in [-0.05, 0) is 48.8 Å². The summed E-state index contributed by atoms with van der Waals surface area (Å²) < 4.78 is 6.55. The number of fused-ring (bicyclic) bond motifs is 5. The molecular formula is C23H26O5. The predicted octanol–water partition coefficient (Wildman–Crippen LogP) is 2.94. The Hall–Kier alpha value is -1.72. The van der Waals surface area contributed by atoms with Gasteiger partial charge in [0.1, 0.15) is 5.60 Å². The van der Waals surface area contributed by atoms with Crippen molar-refractivity contribution in [3.63, 3.8) is 0 Å². The van der Waals surface area contributed by atoms with Gasteiger partial charge < -0.3 is 14.9 Å². The molecule has 0 aromatic carbocycles. The lowest BCUT2D eigenvalue weighted by molar-refractivity contribution is -0.140. The first kappa shape index (κ1) is 17.2. The molecule has 1 aliphatic heterocycles. The standard InChI is InChI=1S/C23H26O5/c1-20-6-3-12(24)9-16(20)13-10-14(13)19-15-4-7-22(27,8-5-18(25)26)21(15,2)11-17-23(19,20)28-17/h4,7,9,15,17,19,27H,3,5-6,8,10-11H2,1-2H3,(H,25,26)/t15?,17-,19?,20+,21+,22-,23-/m1/s1. The molecule has 5 nitrogen and oxygen atoms in total. The number of rotatable bonds is 3. The number of carboxylic acid groups (broad SMARTS) is 1. The van der Waals surface area contributed by atoms with Crippen molar-refractivity contribution in [2.45, 2.75) is 69.7 Å². The fourth-order valence-electron chi connectivity index (χ4n) is 7.48. The van der Waals surface area contributed by atoms with Gasteiger partial charge in [0.2, 0.25) is 0 Å². The molecule has 28 heavy (non-hydrogen) atoms. The zero-order valence-electron chi connectivity index (χ0n) is 16.3. The topological polar surface area (TPSA) is 87.1 Å². The molecule has 0 bridgehead atoms. The van der Waals surface area contributed by atoms with Crippen LogP contribution in [0.25, 0.3) is 0 Å². The minimum absolute atomic E-state index is 0.0366. The summed E-state index contributed by atoms with van der Waals surface area (Å²) in [7, 11) is 0. The normalized spacial score (nSPS) is 52.2. The van der Waals surface area contributed by atoms with E-state index in [9.17, 15) is 14.7 Å². The average molecular weight is 382 g/mol. The van der Waals surface area contributed by atoms with Gasteiger partial charge in [-0.1, -0.05) is 31.6 Å². The number of aliphatic hydroxyl groups is 1. The van der Waals surface area contributed by atoms with Crippen molar-refractivity contribution in [1.29, 1.82) is 0 Å². The minimum Gasteiger partial charge on any atom is -0.481 e. The molecule has 6 aliphatic rings. The highest BCUT2D eigenvalue weighted by Gasteiger charge is 2.82. The van der Waals surface area contributed by atoms with Crippen LogP contribution in [0.4, 0.5) is 0 Å². The summed E-state index contributed by atoms with van der Waals surface area (Å²) in [5, 5.41) is 20.6. The van der Waals surface area contributed by atoms with E-state index in [1.54, 1.807) is 0 Å². The van der Waals surface area contributed by atoms with Gasteiger partial charge in [0.15, 0.2) is 5.78 Å². The summed E-state index contributed by atoms with van der Waals surface area (Å²) in [5.41, 5.74) is 2.04. The monoisotopic (exact) mass is 382 g/mol. The van der Waals surface area contributed by atoms with Gasteiger partial charge >= 0.3 is 5.97 Å². The molecule has 0 aromatic heterocycles. The fraction of sp³-hybridized carbons (Fsp3) is 0.652. The molecule has 2 N–H and O–H groups in total. The Morgan fingerprint density at radius 1 is 1.36 bits per heavy atom. The molecule has 2 unspecified atom stereocenters. The van der Waals surface area contributed by atoms with Gasteiger partial charge in [0, 0.05) is 29.6 Å². The molecule has 1 saturated heterocycles. The Morgan fingerprint density at radius 3 is 2.89 bits per heavy atom. The van der Waals surface area contributed by atoms with E-state index in [-0.39, 0.29) is 47.6 Å². The first-order valence-electron chi connectivity index (χ1n) is 10.4. The third-order valence-electron chi connectivity index (χ3n) is 9.18. The lowest BCUT2D eigenvalue weighted by Crippen LogP contribution is -2.59. The molecule has 6 rings (SSSR count). The van der Waals surface area contributed by atoms with Crippen LogP contribution in [0.2, 0.25) is 0 Å². The molecule has 0 aromatic rings. The molecule has 0 amide bonds. The zero-order valence-corrected chi connectivity index (χ0v) is 16.3. The van der Waals surface area contributed by atoms with E-state index < -0.39 is 17.0 Å². The van der Waals surface area contributed by atoms with Gasteiger partial charge in [-0.3, -0.25) is 9.59 Å². The fourth-order valence-corrected chi connectivity index (χ4v) is 7.48. The smallest absolute Gasteiger partial charge is 0.303 e. The van der Waals surface area contributed by atoms with Crippen molar-refractivity contribution in [2.24, 2.45) is 22.7 Å². The highest BCUT2D eigenvalue weighted by molar-refractivity contribution is 5.93. The summed E-state index contributed by atoms with van der Waals surface area (Å²) in [6.07, 6.45) is 9.24. The number of carboxylic acids is 1. The van der Waals surface area contributed by atoms with Gasteiger partial charge in [-0.25, -0.2) is 0 Å². The summed E-state index contributed by atoms with van der Waals surface area (Å²) in [5.74, 6) is -0.270. The number of carbonyl (C=O) groups is 2. The van der Waals surface area contributed by atoms with E-state index in [4.69, 9.17) is 9.84 Å². The van der Waals surface area contributed by atoms with Crippen LogP contribution in [0.5, 0.6) is 0 Å². The molecule has 1 heterocycles. The van der Waals surface area contributed by atoms with Crippen molar-refractivity contribution < 1.29 is 24.5 Å². The highest BCUT2D eigenvalue weighted by atomic mass is 16.6. The molecular weight excluding hydrogens is 356 g/mol. The van der Waals surface area contributed by atoms with Gasteiger partial charge in [0.25, 0.3) is 0 Å². The lowest BCUT2D eigenvalue weighted by atomic mass is 9.47. The van der Waals surface area contributed by atoms with Crippen LogP contribution in [0.3, 0.4) is 0 Å². The first-order chi connectivity index (χ1) is 13.2. The van der Waals surface area contributed by atoms with Crippen LogP contribution in [-0.4, -0.2) is 39.3 Å². The summed E-state index contributed by atoms with van der Waals surface area (Å²) in [6.45, 7) is 4.39. The molecule has 5 aliphatic carbocycles. The summed E-state index contributed by atoms with van der Waals surface area (Å²) in [6, 6.07) is 0. The van der Waals surface area contributed by atoms with Crippen LogP contribution in [0.1, 0.15) is 52.4 Å². The van der Waals surface area contributed by atoms with Gasteiger partial charge in [-0.15, -0.1) is 0 Å². The van der Waals surface area contributed by atoms with Gasteiger partial charge in [0.05, 0.1) is 11.7 Å². The maximum Gasteiger partial charge on any atom is 0.303 e. The van der Waals surface area contributed by atoms with Crippen molar-refractivity contribution in [3.05, 3.63) is 34.9 Å². The Labute approximate surface area is 164 Å². The van der Waals surface area contributed by atoms with E-state index >= 15 is 0 Å². The quantitative estimate of drug-likeness (QED) is 0.579. The number of ether oxygens (including phenoxy) is 1. The van der Waals surface area contributed by atoms with Crippen LogP contribution in [0.15, 0.2) is 34.9 Å². The van der Waals surface area contributed by atoms with Crippen molar-refractivity contribution in [3.8, 4) is 0 Å². The highest BCUT2D eigenvalue weighted by Crippen LogP contribution is 2.79. The van der Waals surface area contributed by atoms with Gasteiger partial charge in [-0.2, -0.15) is 0 Å². The number of carbonyl (C=O) groups excluding carboxylic acids is 1. The van der Waals surface area contributed by atoms with Crippen molar-refractivity contribution >= 4 is 11.8 Å². The van der Waals surface area contributed by atoms with Crippen LogP contribution in [-0.2, 0) is 14.3 Å². The maximum atomic E-state index is 12.1. The Balaban J connectivity index is 1.45. The van der Waals surface area contributed by atoms with Crippen LogP contribution in [0, 0.1) is 22.7 Å². The first-order valence-corrected chi connectivity index (χ1v) is 10.4. The second-order valence-corrected chi connectivity index (χ2v) is 10.2. The molecule has 1 saturated carbocycles. The van der Waals surface area contributed by atoms with E-state index in [2.05, 4.69) is 19.9 Å². The molecule has 148 valence electrons. The summed E-state index contributed by atoms with van der Waals surface area (Å²) in [4.78, 5) is 23.3.